The Morgan fingerprint density at radius 3 is 2.62 bits per heavy atom. The molecule has 0 radical (unpaired) electrons. The molecule has 0 bridgehead atoms. The van der Waals surface area contributed by atoms with Crippen LogP contribution in [0.4, 0.5) is 5.95 Å². The number of nitrogens with zero attached hydrogens (tertiary/aromatic N) is 3. The second kappa shape index (κ2) is 9.57. The van der Waals surface area contributed by atoms with Crippen LogP contribution in [0.25, 0.3) is 16.9 Å². The molecule has 1 saturated carbocycles. The monoisotopic (exact) mass is 474 g/mol. The van der Waals surface area contributed by atoms with Crippen molar-refractivity contribution in [1.82, 2.24) is 14.5 Å². The molecule has 8 heteroatoms. The van der Waals surface area contributed by atoms with Gasteiger partial charge in [-0.25, -0.2) is 4.98 Å². The second-order valence-electron chi connectivity index (χ2n) is 8.26. The molecule has 0 saturated heterocycles. The van der Waals surface area contributed by atoms with Crippen molar-refractivity contribution >= 4 is 29.4 Å². The third-order valence-corrected chi connectivity index (χ3v) is 5.85. The Labute approximate surface area is 202 Å². The molecule has 5 rings (SSSR count). The summed E-state index contributed by atoms with van der Waals surface area (Å²) in [7, 11) is 0. The fourth-order valence-electron chi connectivity index (χ4n) is 3.77. The van der Waals surface area contributed by atoms with Crippen molar-refractivity contribution in [2.24, 2.45) is 5.92 Å². The van der Waals surface area contributed by atoms with Gasteiger partial charge in [-0.3, -0.25) is 19.5 Å². The number of aromatic nitrogens is 2. The minimum absolute atomic E-state index is 0.0131. The highest BCUT2D eigenvalue weighted by atomic mass is 35.5. The van der Waals surface area contributed by atoms with Crippen LogP contribution in [-0.2, 0) is 16.1 Å². The van der Waals surface area contributed by atoms with E-state index in [-0.39, 0.29) is 30.8 Å². The van der Waals surface area contributed by atoms with Crippen molar-refractivity contribution in [3.05, 3.63) is 90.0 Å². The summed E-state index contributed by atoms with van der Waals surface area (Å²) in [6.07, 6.45) is 5.12. The largest absolute Gasteiger partial charge is 0.467 e. The van der Waals surface area contributed by atoms with Crippen molar-refractivity contribution in [1.29, 1.82) is 0 Å². The molecule has 0 spiro atoms. The number of carbonyl (C=O) groups excluding carboxylic acids is 2. The molecule has 4 aromatic rings. The van der Waals surface area contributed by atoms with E-state index in [0.717, 1.165) is 24.1 Å². The van der Waals surface area contributed by atoms with Crippen molar-refractivity contribution in [3.8, 4) is 16.9 Å². The van der Waals surface area contributed by atoms with E-state index in [2.05, 4.69) is 10.3 Å². The van der Waals surface area contributed by atoms with Crippen LogP contribution in [0.5, 0.6) is 0 Å². The van der Waals surface area contributed by atoms with Crippen molar-refractivity contribution in [2.45, 2.75) is 19.4 Å². The lowest BCUT2D eigenvalue weighted by atomic mass is 10.2. The van der Waals surface area contributed by atoms with Crippen LogP contribution in [0, 0.1) is 5.92 Å². The van der Waals surface area contributed by atoms with E-state index in [4.69, 9.17) is 16.0 Å². The van der Waals surface area contributed by atoms with E-state index in [1.165, 1.54) is 4.90 Å². The van der Waals surface area contributed by atoms with Gasteiger partial charge < -0.3 is 9.32 Å². The molecule has 2 aromatic heterocycles. The Kier molecular flexibility index (Phi) is 6.18. The van der Waals surface area contributed by atoms with Crippen molar-refractivity contribution < 1.29 is 14.0 Å². The molecule has 1 fully saturated rings. The SMILES string of the molecule is O=C(CN(Cc1ccco1)C(=O)C1CC1)Nc1nc(-c2ccccc2)cn1-c1cccc(Cl)c1. The number of hydrogen-bond acceptors (Lipinski definition) is 4. The summed E-state index contributed by atoms with van der Waals surface area (Å²) in [6.45, 7) is 0.146. The molecule has 172 valence electrons. The summed E-state index contributed by atoms with van der Waals surface area (Å²) >= 11 is 6.21. The number of carbonyl (C=O) groups is 2. The third kappa shape index (κ3) is 5.05. The van der Waals surface area contributed by atoms with Crippen molar-refractivity contribution in [3.63, 3.8) is 0 Å². The third-order valence-electron chi connectivity index (χ3n) is 5.61. The van der Waals surface area contributed by atoms with E-state index in [1.807, 2.05) is 48.7 Å². The summed E-state index contributed by atoms with van der Waals surface area (Å²) in [5, 5.41) is 3.46. The molecule has 34 heavy (non-hydrogen) atoms. The Morgan fingerprint density at radius 2 is 1.91 bits per heavy atom. The Morgan fingerprint density at radius 1 is 1.09 bits per heavy atom. The number of amides is 2. The highest BCUT2D eigenvalue weighted by Gasteiger charge is 2.34. The van der Waals surface area contributed by atoms with Gasteiger partial charge in [-0.15, -0.1) is 0 Å². The van der Waals surface area contributed by atoms with Crippen molar-refractivity contribution in [2.75, 3.05) is 11.9 Å². The van der Waals surface area contributed by atoms with Crippen LogP contribution >= 0.6 is 11.6 Å². The summed E-state index contributed by atoms with van der Waals surface area (Å²) in [5.41, 5.74) is 2.39. The number of rotatable bonds is 8. The number of benzene rings is 2. The molecule has 2 amide bonds. The molecule has 0 unspecified atom stereocenters. The number of hydrogen-bond donors (Lipinski definition) is 1. The highest BCUT2D eigenvalue weighted by Crippen LogP contribution is 2.31. The maximum Gasteiger partial charge on any atom is 0.246 e. The van der Waals surface area contributed by atoms with E-state index in [0.29, 0.717) is 22.4 Å². The predicted octanol–water partition coefficient (Wildman–Crippen LogP) is 5.16. The quantitative estimate of drug-likeness (QED) is 0.382. The lowest BCUT2D eigenvalue weighted by Gasteiger charge is -2.21. The van der Waals surface area contributed by atoms with Crippen LogP contribution in [0.2, 0.25) is 5.02 Å². The number of anilines is 1. The van der Waals surface area contributed by atoms with Crippen LogP contribution in [0.15, 0.2) is 83.6 Å². The average molecular weight is 475 g/mol. The van der Waals surface area contributed by atoms with Crippen LogP contribution in [0.3, 0.4) is 0 Å². The molecule has 2 heterocycles. The van der Waals surface area contributed by atoms with Gasteiger partial charge in [0.25, 0.3) is 0 Å². The number of furan rings is 1. The zero-order chi connectivity index (χ0) is 23.5. The van der Waals surface area contributed by atoms with Gasteiger partial charge in [0.15, 0.2) is 0 Å². The zero-order valence-corrected chi connectivity index (χ0v) is 19.1. The molecule has 1 aliphatic carbocycles. The van der Waals surface area contributed by atoms with Gasteiger partial charge in [0.05, 0.1) is 18.5 Å². The first-order valence-corrected chi connectivity index (χ1v) is 11.5. The predicted molar refractivity (Wildman–Crippen MR) is 129 cm³/mol. The first-order valence-electron chi connectivity index (χ1n) is 11.1. The Bertz CT molecular complexity index is 1300. The van der Waals surface area contributed by atoms with E-state index < -0.39 is 0 Å². The highest BCUT2D eigenvalue weighted by molar-refractivity contribution is 6.30. The van der Waals surface area contributed by atoms with Gasteiger partial charge in [-0.05, 0) is 43.2 Å². The molecule has 0 atom stereocenters. The lowest BCUT2D eigenvalue weighted by Crippen LogP contribution is -2.38. The topological polar surface area (TPSA) is 80.4 Å². The summed E-state index contributed by atoms with van der Waals surface area (Å²) in [4.78, 5) is 32.1. The fourth-order valence-corrected chi connectivity index (χ4v) is 3.95. The normalized spacial score (nSPS) is 13.0. The summed E-state index contributed by atoms with van der Waals surface area (Å²) < 4.78 is 7.18. The molecular weight excluding hydrogens is 452 g/mol. The maximum absolute atomic E-state index is 13.1. The minimum atomic E-state index is -0.339. The molecule has 0 aliphatic heterocycles. The van der Waals surface area contributed by atoms with Gasteiger partial charge >= 0.3 is 0 Å². The maximum atomic E-state index is 13.1. The number of imidazole rings is 1. The van der Waals surface area contributed by atoms with Gasteiger partial charge in [0.2, 0.25) is 17.8 Å². The summed E-state index contributed by atoms with van der Waals surface area (Å²) in [5.74, 6) is 0.598. The van der Waals surface area contributed by atoms with Gasteiger partial charge in [-0.2, -0.15) is 0 Å². The van der Waals surface area contributed by atoms with E-state index >= 15 is 0 Å². The number of nitrogens with one attached hydrogen (secondary N) is 1. The lowest BCUT2D eigenvalue weighted by molar-refractivity contribution is -0.136. The Balaban J connectivity index is 1.41. The standard InChI is InChI=1S/C26H23ClN4O3/c27-20-8-4-9-21(14-20)31-16-23(18-6-2-1-3-7-18)28-26(31)29-24(32)17-30(25(33)19-11-12-19)15-22-10-5-13-34-22/h1-10,13-14,16,19H,11-12,15,17H2,(H,28,29,32). The molecule has 7 nitrogen and oxygen atoms in total. The molecule has 1 N–H and O–H groups in total. The minimum Gasteiger partial charge on any atom is -0.467 e. The van der Waals surface area contributed by atoms with Gasteiger partial charge in [-0.1, -0.05) is 48.0 Å². The molecule has 1 aliphatic rings. The van der Waals surface area contributed by atoms with Crippen LogP contribution in [0.1, 0.15) is 18.6 Å². The smallest absolute Gasteiger partial charge is 0.246 e. The Hall–Kier alpha value is -3.84. The van der Waals surface area contributed by atoms with Gasteiger partial charge in [0.1, 0.15) is 12.3 Å². The van der Waals surface area contributed by atoms with E-state index in [1.54, 1.807) is 35.1 Å². The second-order valence-corrected chi connectivity index (χ2v) is 8.70. The van der Waals surface area contributed by atoms with Crippen LogP contribution < -0.4 is 5.32 Å². The van der Waals surface area contributed by atoms with E-state index in [9.17, 15) is 9.59 Å². The number of halogens is 1. The van der Waals surface area contributed by atoms with Gasteiger partial charge in [0, 0.05) is 28.4 Å². The first kappa shape index (κ1) is 22.0. The zero-order valence-electron chi connectivity index (χ0n) is 18.4. The first-order chi connectivity index (χ1) is 16.6. The molecule has 2 aromatic carbocycles. The summed E-state index contributed by atoms with van der Waals surface area (Å²) in [6, 6.07) is 20.6. The van der Waals surface area contributed by atoms with Crippen LogP contribution in [-0.4, -0.2) is 32.8 Å². The average Bonchev–Trinajstić information content (AvgIpc) is 3.41. The molecular formula is C26H23ClN4O3. The fraction of sp³-hybridized carbons (Fsp3) is 0.192.